The summed E-state index contributed by atoms with van der Waals surface area (Å²) >= 11 is 5.83. The largest absolute Gasteiger partial charge is 0.380 e. The van der Waals surface area contributed by atoms with Crippen LogP contribution in [0.3, 0.4) is 0 Å². The Bertz CT molecular complexity index is 390. The molecule has 0 spiro atoms. The van der Waals surface area contributed by atoms with Gasteiger partial charge < -0.3 is 10.5 Å². The number of rotatable bonds is 8. The first-order valence-corrected chi connectivity index (χ1v) is 6.99. The van der Waals surface area contributed by atoms with Crippen molar-refractivity contribution in [3.63, 3.8) is 0 Å². The number of halogens is 2. The number of nitrogens with zero attached hydrogens (tertiary/aromatic N) is 1. The molecule has 2 N–H and O–H groups in total. The standard InChI is InChI=1S/C14H22ClFN2O/c1-3-18(8-9-19-4-2)13(10-17)11-6-5-7-12(15)14(11)16/h5-7,13H,3-4,8-10,17H2,1-2H3. The van der Waals surface area contributed by atoms with Crippen molar-refractivity contribution in [3.8, 4) is 0 Å². The molecule has 0 radical (unpaired) electrons. The second kappa shape index (κ2) is 8.48. The van der Waals surface area contributed by atoms with Crippen molar-refractivity contribution in [2.45, 2.75) is 19.9 Å². The first-order chi connectivity index (χ1) is 9.15. The fraction of sp³-hybridized carbons (Fsp3) is 0.571. The molecular formula is C14H22ClFN2O. The van der Waals surface area contributed by atoms with E-state index in [1.165, 1.54) is 0 Å². The zero-order valence-electron chi connectivity index (χ0n) is 11.5. The van der Waals surface area contributed by atoms with Crippen molar-refractivity contribution in [3.05, 3.63) is 34.6 Å². The van der Waals surface area contributed by atoms with E-state index in [0.717, 1.165) is 13.1 Å². The Balaban J connectivity index is 2.87. The summed E-state index contributed by atoms with van der Waals surface area (Å²) in [6, 6.07) is 4.86. The summed E-state index contributed by atoms with van der Waals surface area (Å²) in [5.41, 5.74) is 6.36. The van der Waals surface area contributed by atoms with E-state index in [1.54, 1.807) is 18.2 Å². The van der Waals surface area contributed by atoms with Gasteiger partial charge in [0.15, 0.2) is 0 Å². The van der Waals surface area contributed by atoms with E-state index in [0.29, 0.717) is 25.3 Å². The number of ether oxygens (including phenoxy) is 1. The Hall–Kier alpha value is -0.680. The molecule has 5 heteroatoms. The van der Waals surface area contributed by atoms with Crippen LogP contribution in [0.4, 0.5) is 4.39 Å². The third-order valence-electron chi connectivity index (χ3n) is 3.14. The van der Waals surface area contributed by atoms with Crippen LogP contribution >= 0.6 is 11.6 Å². The molecule has 3 nitrogen and oxygen atoms in total. The summed E-state index contributed by atoms with van der Waals surface area (Å²) in [5, 5.41) is 0.136. The van der Waals surface area contributed by atoms with Crippen molar-refractivity contribution >= 4 is 11.6 Å². The van der Waals surface area contributed by atoms with Crippen LogP contribution in [-0.4, -0.2) is 37.7 Å². The Kier molecular flexibility index (Phi) is 7.31. The van der Waals surface area contributed by atoms with Crippen molar-refractivity contribution in [2.24, 2.45) is 5.73 Å². The molecule has 0 aliphatic heterocycles. The summed E-state index contributed by atoms with van der Waals surface area (Å²) in [5.74, 6) is -0.380. The van der Waals surface area contributed by atoms with Crippen LogP contribution in [0.5, 0.6) is 0 Å². The van der Waals surface area contributed by atoms with Crippen LogP contribution < -0.4 is 5.73 Å². The van der Waals surface area contributed by atoms with Crippen LogP contribution in [0.2, 0.25) is 5.02 Å². The summed E-state index contributed by atoms with van der Waals surface area (Å²) < 4.78 is 19.4. The number of benzene rings is 1. The molecule has 1 unspecified atom stereocenters. The van der Waals surface area contributed by atoms with Gasteiger partial charge in [0.25, 0.3) is 0 Å². The fourth-order valence-corrected chi connectivity index (χ4v) is 2.29. The van der Waals surface area contributed by atoms with Gasteiger partial charge in [0, 0.05) is 25.3 Å². The summed E-state index contributed by atoms with van der Waals surface area (Å²) in [6.07, 6.45) is 0. The fourth-order valence-electron chi connectivity index (χ4n) is 2.11. The van der Waals surface area contributed by atoms with E-state index in [-0.39, 0.29) is 16.9 Å². The topological polar surface area (TPSA) is 38.5 Å². The summed E-state index contributed by atoms with van der Waals surface area (Å²) in [4.78, 5) is 2.10. The number of nitrogens with two attached hydrogens (primary N) is 1. The molecule has 1 aromatic carbocycles. The van der Waals surface area contributed by atoms with Gasteiger partial charge in [-0.1, -0.05) is 30.7 Å². The lowest BCUT2D eigenvalue weighted by Gasteiger charge is -2.30. The highest BCUT2D eigenvalue weighted by atomic mass is 35.5. The minimum absolute atomic E-state index is 0.136. The maximum Gasteiger partial charge on any atom is 0.146 e. The molecule has 0 aliphatic rings. The van der Waals surface area contributed by atoms with Crippen LogP contribution in [0, 0.1) is 5.82 Å². The highest BCUT2D eigenvalue weighted by Gasteiger charge is 2.21. The summed E-state index contributed by atoms with van der Waals surface area (Å²) in [6.45, 7) is 7.11. The second-order valence-electron chi connectivity index (χ2n) is 4.22. The molecular weight excluding hydrogens is 267 g/mol. The molecule has 0 saturated carbocycles. The normalized spacial score (nSPS) is 12.9. The Labute approximate surface area is 119 Å². The molecule has 1 rings (SSSR count). The molecule has 0 heterocycles. The first-order valence-electron chi connectivity index (χ1n) is 6.61. The third-order valence-corrected chi connectivity index (χ3v) is 3.43. The van der Waals surface area contributed by atoms with E-state index in [1.807, 2.05) is 13.8 Å². The van der Waals surface area contributed by atoms with Gasteiger partial charge in [-0.2, -0.15) is 0 Å². The Morgan fingerprint density at radius 3 is 2.74 bits per heavy atom. The highest BCUT2D eigenvalue weighted by Crippen LogP contribution is 2.26. The number of hydrogen-bond donors (Lipinski definition) is 1. The number of hydrogen-bond acceptors (Lipinski definition) is 3. The minimum atomic E-state index is -0.380. The maximum absolute atomic E-state index is 14.1. The van der Waals surface area contributed by atoms with Gasteiger partial charge in [-0.15, -0.1) is 0 Å². The molecule has 108 valence electrons. The molecule has 0 aliphatic carbocycles. The predicted molar refractivity (Wildman–Crippen MR) is 76.9 cm³/mol. The van der Waals surface area contributed by atoms with Gasteiger partial charge in [0.2, 0.25) is 0 Å². The van der Waals surface area contributed by atoms with Gasteiger partial charge in [0.1, 0.15) is 5.82 Å². The average Bonchev–Trinajstić information content (AvgIpc) is 2.42. The Morgan fingerprint density at radius 2 is 2.16 bits per heavy atom. The molecule has 0 bridgehead atoms. The molecule has 0 aromatic heterocycles. The Morgan fingerprint density at radius 1 is 1.42 bits per heavy atom. The molecule has 0 saturated heterocycles. The molecule has 19 heavy (non-hydrogen) atoms. The zero-order valence-corrected chi connectivity index (χ0v) is 12.3. The van der Waals surface area contributed by atoms with Crippen LogP contribution in [0.15, 0.2) is 18.2 Å². The van der Waals surface area contributed by atoms with Gasteiger partial charge in [0.05, 0.1) is 17.7 Å². The minimum Gasteiger partial charge on any atom is -0.380 e. The van der Waals surface area contributed by atoms with Crippen molar-refractivity contribution in [2.75, 3.05) is 32.8 Å². The van der Waals surface area contributed by atoms with Crippen LogP contribution in [0.1, 0.15) is 25.5 Å². The van der Waals surface area contributed by atoms with Gasteiger partial charge in [-0.3, -0.25) is 4.90 Å². The lowest BCUT2D eigenvalue weighted by atomic mass is 10.0. The van der Waals surface area contributed by atoms with Gasteiger partial charge in [-0.25, -0.2) is 4.39 Å². The molecule has 1 aromatic rings. The predicted octanol–water partition coefficient (Wildman–Crippen LogP) is 2.84. The van der Waals surface area contributed by atoms with E-state index in [2.05, 4.69) is 4.90 Å². The summed E-state index contributed by atoms with van der Waals surface area (Å²) in [7, 11) is 0. The van der Waals surface area contributed by atoms with E-state index >= 15 is 0 Å². The maximum atomic E-state index is 14.1. The smallest absolute Gasteiger partial charge is 0.146 e. The van der Waals surface area contributed by atoms with E-state index in [4.69, 9.17) is 22.1 Å². The SMILES string of the molecule is CCOCCN(CC)C(CN)c1cccc(Cl)c1F. The van der Waals surface area contributed by atoms with E-state index < -0.39 is 0 Å². The number of likely N-dealkylation sites (N-methyl/N-ethyl adjacent to an activating group) is 1. The molecule has 0 amide bonds. The van der Waals surface area contributed by atoms with Gasteiger partial charge in [-0.05, 0) is 19.5 Å². The zero-order chi connectivity index (χ0) is 14.3. The third kappa shape index (κ3) is 4.42. The van der Waals surface area contributed by atoms with Crippen LogP contribution in [-0.2, 0) is 4.74 Å². The average molecular weight is 289 g/mol. The van der Waals surface area contributed by atoms with Gasteiger partial charge >= 0.3 is 0 Å². The quantitative estimate of drug-likeness (QED) is 0.748. The van der Waals surface area contributed by atoms with Crippen molar-refractivity contribution in [1.29, 1.82) is 0 Å². The molecule has 1 atom stereocenters. The van der Waals surface area contributed by atoms with Crippen molar-refractivity contribution < 1.29 is 9.13 Å². The second-order valence-corrected chi connectivity index (χ2v) is 4.63. The molecule has 0 fully saturated rings. The van der Waals surface area contributed by atoms with E-state index in [9.17, 15) is 4.39 Å². The lowest BCUT2D eigenvalue weighted by Crippen LogP contribution is -2.36. The van der Waals surface area contributed by atoms with Crippen LogP contribution in [0.25, 0.3) is 0 Å². The highest BCUT2D eigenvalue weighted by molar-refractivity contribution is 6.30. The first kappa shape index (κ1) is 16.4. The monoisotopic (exact) mass is 288 g/mol. The lowest BCUT2D eigenvalue weighted by molar-refractivity contribution is 0.0972. The van der Waals surface area contributed by atoms with Crippen molar-refractivity contribution in [1.82, 2.24) is 4.90 Å².